The number of piperazine rings is 1. The van der Waals surface area contributed by atoms with E-state index in [0.717, 1.165) is 89.0 Å². The molecular weight excluding hydrogens is 449 g/mol. The van der Waals surface area contributed by atoms with Crippen LogP contribution < -0.4 is 10.2 Å². The number of nitrogens with one attached hydrogen (secondary N) is 1. The molecule has 5 rings (SSSR count). The molecule has 3 fully saturated rings. The molecule has 8 nitrogen and oxygen atoms in total. The van der Waals surface area contributed by atoms with E-state index in [-0.39, 0.29) is 11.7 Å². The van der Waals surface area contributed by atoms with Crippen molar-refractivity contribution in [2.75, 3.05) is 70.5 Å². The van der Waals surface area contributed by atoms with E-state index in [1.165, 1.54) is 12.1 Å². The van der Waals surface area contributed by atoms with Crippen LogP contribution in [0.25, 0.3) is 0 Å². The smallest absolute Gasteiger partial charge is 0.222 e. The molecule has 0 radical (unpaired) electrons. The predicted octanol–water partition coefficient (Wildman–Crippen LogP) is 2.15. The fourth-order valence-electron chi connectivity index (χ4n) is 5.48. The second-order valence-electron chi connectivity index (χ2n) is 9.94. The van der Waals surface area contributed by atoms with Gasteiger partial charge in [-0.1, -0.05) is 5.16 Å². The molecule has 1 aromatic carbocycles. The van der Waals surface area contributed by atoms with Crippen molar-refractivity contribution in [3.63, 3.8) is 0 Å². The average Bonchev–Trinajstić information content (AvgIpc) is 3.33. The highest BCUT2D eigenvalue weighted by Crippen LogP contribution is 2.28. The number of carbonyl (C=O) groups excluding carboxylic acids is 1. The fraction of sp³-hybridized carbons (Fsp3) is 0.615. The lowest BCUT2D eigenvalue weighted by molar-refractivity contribution is -0.133. The Balaban J connectivity index is 1.11. The summed E-state index contributed by atoms with van der Waals surface area (Å²) in [6, 6.07) is 8.68. The Kier molecular flexibility index (Phi) is 7.95. The van der Waals surface area contributed by atoms with Gasteiger partial charge in [0.25, 0.3) is 0 Å². The van der Waals surface area contributed by atoms with E-state index in [9.17, 15) is 9.18 Å². The van der Waals surface area contributed by atoms with E-state index in [0.29, 0.717) is 31.3 Å². The molecule has 0 spiro atoms. The van der Waals surface area contributed by atoms with Gasteiger partial charge in [0.05, 0.1) is 25.5 Å². The second-order valence-corrected chi connectivity index (χ2v) is 9.94. The molecule has 2 aromatic rings. The maximum atomic E-state index is 13.2. The molecule has 9 heteroatoms. The normalized spacial score (nSPS) is 24.0. The van der Waals surface area contributed by atoms with E-state index in [2.05, 4.69) is 26.3 Å². The molecule has 4 heterocycles. The lowest BCUT2D eigenvalue weighted by atomic mass is 9.81. The number of carbonyl (C=O) groups is 1. The molecule has 0 saturated carbocycles. The monoisotopic (exact) mass is 485 g/mol. The number of benzene rings is 1. The standard InChI is InChI=1S/C26H36FN5O3/c27-22-1-3-24(4-2-22)31-7-9-32(10-8-31)26(33)16-20-5-6-28-18-21(20)15-23-17-25(35-29-23)19-30-11-13-34-14-12-30/h1-4,17,20-21,28H,5-16,18-19H2. The van der Waals surface area contributed by atoms with Gasteiger partial charge in [-0.05, 0) is 62.0 Å². The molecule has 3 aliphatic rings. The van der Waals surface area contributed by atoms with Gasteiger partial charge in [-0.15, -0.1) is 0 Å². The van der Waals surface area contributed by atoms with Gasteiger partial charge in [0, 0.05) is 57.4 Å². The summed E-state index contributed by atoms with van der Waals surface area (Å²) < 4.78 is 24.3. The van der Waals surface area contributed by atoms with E-state index >= 15 is 0 Å². The quantitative estimate of drug-likeness (QED) is 0.644. The first-order valence-corrected chi connectivity index (χ1v) is 12.9. The zero-order valence-corrected chi connectivity index (χ0v) is 20.3. The maximum absolute atomic E-state index is 13.2. The minimum atomic E-state index is -0.224. The summed E-state index contributed by atoms with van der Waals surface area (Å²) in [4.78, 5) is 19.7. The summed E-state index contributed by atoms with van der Waals surface area (Å²) in [7, 11) is 0. The highest BCUT2D eigenvalue weighted by atomic mass is 19.1. The molecule has 2 unspecified atom stereocenters. The molecule has 3 saturated heterocycles. The Morgan fingerprint density at radius 1 is 1.06 bits per heavy atom. The average molecular weight is 486 g/mol. The Labute approximate surface area is 206 Å². The van der Waals surface area contributed by atoms with Crippen molar-refractivity contribution in [3.05, 3.63) is 47.6 Å². The van der Waals surface area contributed by atoms with Crippen molar-refractivity contribution < 1.29 is 18.4 Å². The van der Waals surface area contributed by atoms with Crippen LogP contribution in [0.4, 0.5) is 10.1 Å². The summed E-state index contributed by atoms with van der Waals surface area (Å²) in [5, 5.41) is 7.84. The Bertz CT molecular complexity index is 954. The molecule has 3 aliphatic heterocycles. The first-order valence-electron chi connectivity index (χ1n) is 12.9. The van der Waals surface area contributed by atoms with Gasteiger partial charge in [0.2, 0.25) is 5.91 Å². The largest absolute Gasteiger partial charge is 0.379 e. The number of nitrogens with zero attached hydrogens (tertiary/aromatic N) is 4. The van der Waals surface area contributed by atoms with Crippen molar-refractivity contribution in [2.45, 2.75) is 25.8 Å². The van der Waals surface area contributed by atoms with Crippen LogP contribution in [0.5, 0.6) is 0 Å². The van der Waals surface area contributed by atoms with Gasteiger partial charge in [-0.25, -0.2) is 4.39 Å². The molecular formula is C26H36FN5O3. The lowest BCUT2D eigenvalue weighted by Gasteiger charge is -2.38. The van der Waals surface area contributed by atoms with Crippen molar-refractivity contribution in [3.8, 4) is 0 Å². The van der Waals surface area contributed by atoms with E-state index in [1.807, 2.05) is 17.0 Å². The van der Waals surface area contributed by atoms with Gasteiger partial charge in [-0.2, -0.15) is 0 Å². The van der Waals surface area contributed by atoms with Crippen molar-refractivity contribution in [1.82, 2.24) is 20.3 Å². The first kappa shape index (κ1) is 24.2. The zero-order valence-electron chi connectivity index (χ0n) is 20.3. The SMILES string of the molecule is O=C(CC1CCNCC1Cc1cc(CN2CCOCC2)on1)N1CCN(c2ccc(F)cc2)CC1. The molecule has 0 aliphatic carbocycles. The minimum absolute atomic E-state index is 0.224. The molecule has 35 heavy (non-hydrogen) atoms. The third kappa shape index (κ3) is 6.39. The van der Waals surface area contributed by atoms with Crippen LogP contribution in [-0.2, 0) is 22.5 Å². The summed E-state index contributed by atoms with van der Waals surface area (Å²) in [5.74, 6) is 1.64. The first-order chi connectivity index (χ1) is 17.1. The molecule has 1 N–H and O–H groups in total. The molecule has 1 aromatic heterocycles. The van der Waals surface area contributed by atoms with Crippen LogP contribution in [0.3, 0.4) is 0 Å². The number of amides is 1. The van der Waals surface area contributed by atoms with Gasteiger partial charge >= 0.3 is 0 Å². The second kappa shape index (κ2) is 11.5. The van der Waals surface area contributed by atoms with Crippen LogP contribution in [0.1, 0.15) is 24.3 Å². The zero-order chi connectivity index (χ0) is 24.0. The van der Waals surface area contributed by atoms with Crippen LogP contribution in [0.15, 0.2) is 34.9 Å². The number of morpholine rings is 1. The highest BCUT2D eigenvalue weighted by molar-refractivity contribution is 5.77. The van der Waals surface area contributed by atoms with Gasteiger partial charge in [0.15, 0.2) is 5.76 Å². The molecule has 190 valence electrons. The fourth-order valence-corrected chi connectivity index (χ4v) is 5.48. The van der Waals surface area contributed by atoms with E-state index in [4.69, 9.17) is 9.26 Å². The van der Waals surface area contributed by atoms with Gasteiger partial charge < -0.3 is 24.4 Å². The Morgan fingerprint density at radius 2 is 1.83 bits per heavy atom. The van der Waals surface area contributed by atoms with Crippen LogP contribution >= 0.6 is 0 Å². The van der Waals surface area contributed by atoms with Gasteiger partial charge in [-0.3, -0.25) is 9.69 Å². The summed E-state index contributed by atoms with van der Waals surface area (Å²) >= 11 is 0. The number of hydrogen-bond acceptors (Lipinski definition) is 7. The summed E-state index contributed by atoms with van der Waals surface area (Å²) in [5.41, 5.74) is 1.99. The van der Waals surface area contributed by atoms with Crippen molar-refractivity contribution in [2.24, 2.45) is 11.8 Å². The van der Waals surface area contributed by atoms with Crippen LogP contribution in [0, 0.1) is 17.7 Å². The van der Waals surface area contributed by atoms with Crippen LogP contribution in [0.2, 0.25) is 0 Å². The molecule has 1 amide bonds. The Morgan fingerprint density at radius 3 is 2.60 bits per heavy atom. The number of hydrogen-bond donors (Lipinski definition) is 1. The number of piperidine rings is 1. The number of rotatable bonds is 7. The van der Waals surface area contributed by atoms with Crippen molar-refractivity contribution >= 4 is 11.6 Å². The predicted molar refractivity (Wildman–Crippen MR) is 131 cm³/mol. The van der Waals surface area contributed by atoms with Crippen LogP contribution in [-0.4, -0.2) is 86.4 Å². The van der Waals surface area contributed by atoms with E-state index < -0.39 is 0 Å². The highest BCUT2D eigenvalue weighted by Gasteiger charge is 2.31. The van der Waals surface area contributed by atoms with E-state index in [1.54, 1.807) is 0 Å². The topological polar surface area (TPSA) is 74.1 Å². The third-order valence-electron chi connectivity index (χ3n) is 7.59. The molecule has 2 atom stereocenters. The number of halogens is 1. The summed E-state index contributed by atoms with van der Waals surface area (Å²) in [6.07, 6.45) is 2.42. The summed E-state index contributed by atoms with van der Waals surface area (Å²) in [6.45, 7) is 8.98. The maximum Gasteiger partial charge on any atom is 0.222 e. The number of ether oxygens (including phenoxy) is 1. The number of aromatic nitrogens is 1. The third-order valence-corrected chi connectivity index (χ3v) is 7.59. The lowest BCUT2D eigenvalue weighted by Crippen LogP contribution is -2.50. The molecule has 0 bridgehead atoms. The number of anilines is 1. The minimum Gasteiger partial charge on any atom is -0.379 e. The van der Waals surface area contributed by atoms with Crippen molar-refractivity contribution in [1.29, 1.82) is 0 Å². The van der Waals surface area contributed by atoms with Gasteiger partial charge in [0.1, 0.15) is 5.82 Å². The Hall–Kier alpha value is -2.49.